The van der Waals surface area contributed by atoms with Crippen LogP contribution in [0.25, 0.3) is 0 Å². The summed E-state index contributed by atoms with van der Waals surface area (Å²) in [5.41, 5.74) is 0. The van der Waals surface area contributed by atoms with Crippen molar-refractivity contribution in [2.24, 2.45) is 5.92 Å². The van der Waals surface area contributed by atoms with Crippen LogP contribution in [0.15, 0.2) is 29.2 Å². The maximum absolute atomic E-state index is 12.7. The molecule has 5 nitrogen and oxygen atoms in total. The maximum atomic E-state index is 12.7. The minimum atomic E-state index is -3.57. The molecule has 1 aliphatic rings. The molecular weight excluding hydrogens is 336 g/mol. The Balaban J connectivity index is 2.09. The molecule has 1 aromatic rings. The van der Waals surface area contributed by atoms with Crippen molar-refractivity contribution in [1.29, 1.82) is 0 Å². The van der Waals surface area contributed by atoms with E-state index < -0.39 is 10.0 Å². The molecular formula is C16H23ClN2O3S. The lowest BCUT2D eigenvalue weighted by molar-refractivity contribution is -0.131. The summed E-state index contributed by atoms with van der Waals surface area (Å²) in [4.78, 5) is 14.1. The second-order valence-electron chi connectivity index (χ2n) is 6.19. The Morgan fingerprint density at radius 2 is 1.96 bits per heavy atom. The van der Waals surface area contributed by atoms with Crippen molar-refractivity contribution in [3.8, 4) is 0 Å². The number of carbonyl (C=O) groups excluding carboxylic acids is 1. The second kappa shape index (κ2) is 7.64. The fourth-order valence-electron chi connectivity index (χ4n) is 2.64. The first kappa shape index (κ1) is 18.2. The molecule has 1 aromatic carbocycles. The Morgan fingerprint density at radius 3 is 2.61 bits per heavy atom. The first-order chi connectivity index (χ1) is 10.8. The van der Waals surface area contributed by atoms with Crippen molar-refractivity contribution in [3.63, 3.8) is 0 Å². The van der Waals surface area contributed by atoms with Gasteiger partial charge in [-0.25, -0.2) is 8.42 Å². The fraction of sp³-hybridized carbons (Fsp3) is 0.562. The summed E-state index contributed by atoms with van der Waals surface area (Å²) >= 11 is 5.90. The zero-order chi connectivity index (χ0) is 17.0. The third kappa shape index (κ3) is 4.68. The van der Waals surface area contributed by atoms with Gasteiger partial charge < -0.3 is 4.90 Å². The van der Waals surface area contributed by atoms with Crippen LogP contribution >= 0.6 is 11.6 Å². The van der Waals surface area contributed by atoms with Crippen LogP contribution in [0.2, 0.25) is 5.02 Å². The molecule has 2 rings (SSSR count). The number of hydrogen-bond acceptors (Lipinski definition) is 3. The number of sulfonamides is 1. The van der Waals surface area contributed by atoms with E-state index in [1.54, 1.807) is 23.1 Å². The molecule has 0 atom stereocenters. The monoisotopic (exact) mass is 358 g/mol. The largest absolute Gasteiger partial charge is 0.341 e. The first-order valence-corrected chi connectivity index (χ1v) is 9.66. The lowest BCUT2D eigenvalue weighted by Crippen LogP contribution is -2.37. The summed E-state index contributed by atoms with van der Waals surface area (Å²) < 4.78 is 26.9. The molecule has 0 unspecified atom stereocenters. The minimum Gasteiger partial charge on any atom is -0.341 e. The summed E-state index contributed by atoms with van der Waals surface area (Å²) in [6, 6.07) is 6.29. The highest BCUT2D eigenvalue weighted by Crippen LogP contribution is 2.21. The topological polar surface area (TPSA) is 57.7 Å². The fourth-order valence-corrected chi connectivity index (χ4v) is 4.41. The predicted octanol–water partition coefficient (Wildman–Crippen LogP) is 2.61. The van der Waals surface area contributed by atoms with E-state index in [2.05, 4.69) is 0 Å². The quantitative estimate of drug-likeness (QED) is 0.831. The maximum Gasteiger partial charge on any atom is 0.243 e. The van der Waals surface area contributed by atoms with Gasteiger partial charge >= 0.3 is 0 Å². The van der Waals surface area contributed by atoms with Gasteiger partial charge in [-0.05, 0) is 30.5 Å². The van der Waals surface area contributed by atoms with Gasteiger partial charge in [0.1, 0.15) is 0 Å². The molecule has 1 saturated heterocycles. The smallest absolute Gasteiger partial charge is 0.243 e. The molecule has 0 saturated carbocycles. The van der Waals surface area contributed by atoms with Crippen LogP contribution in [0.4, 0.5) is 0 Å². The molecule has 0 spiro atoms. The predicted molar refractivity (Wildman–Crippen MR) is 90.9 cm³/mol. The number of nitrogens with zero attached hydrogens (tertiary/aromatic N) is 2. The van der Waals surface area contributed by atoms with Crippen LogP contribution in [0.3, 0.4) is 0 Å². The Morgan fingerprint density at radius 1 is 1.22 bits per heavy atom. The molecule has 1 amide bonds. The van der Waals surface area contributed by atoms with Crippen LogP contribution in [-0.2, 0) is 14.8 Å². The number of halogens is 1. The molecule has 0 bridgehead atoms. The third-order valence-corrected chi connectivity index (χ3v) is 5.95. The highest BCUT2D eigenvalue weighted by atomic mass is 35.5. The van der Waals surface area contributed by atoms with Crippen molar-refractivity contribution in [1.82, 2.24) is 9.21 Å². The molecule has 7 heteroatoms. The highest BCUT2D eigenvalue weighted by molar-refractivity contribution is 7.89. The first-order valence-electron chi connectivity index (χ1n) is 7.84. The van der Waals surface area contributed by atoms with Crippen LogP contribution in [0.1, 0.15) is 26.7 Å². The Labute approximate surface area is 143 Å². The van der Waals surface area contributed by atoms with Crippen molar-refractivity contribution in [3.05, 3.63) is 29.3 Å². The van der Waals surface area contributed by atoms with Crippen molar-refractivity contribution >= 4 is 27.5 Å². The van der Waals surface area contributed by atoms with Gasteiger partial charge in [-0.1, -0.05) is 31.5 Å². The molecule has 0 N–H and O–H groups in total. The Kier molecular flexibility index (Phi) is 6.06. The van der Waals surface area contributed by atoms with E-state index >= 15 is 0 Å². The van der Waals surface area contributed by atoms with Crippen molar-refractivity contribution in [2.45, 2.75) is 31.6 Å². The van der Waals surface area contributed by atoms with E-state index in [9.17, 15) is 13.2 Å². The molecule has 0 aliphatic carbocycles. The Bertz CT molecular complexity index is 661. The van der Waals surface area contributed by atoms with Gasteiger partial charge in [-0.3, -0.25) is 4.79 Å². The van der Waals surface area contributed by atoms with Gasteiger partial charge in [-0.2, -0.15) is 4.31 Å². The van der Waals surface area contributed by atoms with Gasteiger partial charge in [0, 0.05) is 37.6 Å². The van der Waals surface area contributed by atoms with Gasteiger partial charge in [0.15, 0.2) is 0 Å². The van der Waals surface area contributed by atoms with Gasteiger partial charge in [0.25, 0.3) is 0 Å². The average molecular weight is 359 g/mol. The lowest BCUT2D eigenvalue weighted by atomic mass is 10.1. The number of hydrogen-bond donors (Lipinski definition) is 0. The zero-order valence-corrected chi connectivity index (χ0v) is 15.1. The van der Waals surface area contributed by atoms with E-state index in [0.717, 1.165) is 0 Å². The molecule has 23 heavy (non-hydrogen) atoms. The number of rotatable bonds is 4. The SMILES string of the molecule is CC(C)CC(=O)N1CCCN(S(=O)(=O)c2cccc(Cl)c2)CC1. The number of carbonyl (C=O) groups is 1. The normalized spacial score (nSPS) is 17.3. The lowest BCUT2D eigenvalue weighted by Gasteiger charge is -2.22. The molecule has 0 radical (unpaired) electrons. The summed E-state index contributed by atoms with van der Waals surface area (Å²) in [5, 5.41) is 0.398. The summed E-state index contributed by atoms with van der Waals surface area (Å²) in [6.07, 6.45) is 1.14. The van der Waals surface area contributed by atoms with Gasteiger partial charge in [0.05, 0.1) is 4.90 Å². The van der Waals surface area contributed by atoms with E-state index in [1.165, 1.54) is 10.4 Å². The van der Waals surface area contributed by atoms with E-state index in [1.807, 2.05) is 13.8 Å². The van der Waals surface area contributed by atoms with E-state index in [-0.39, 0.29) is 10.8 Å². The number of amides is 1. The summed E-state index contributed by atoms with van der Waals surface area (Å²) in [5.74, 6) is 0.402. The standard InChI is InChI=1S/C16H23ClN2O3S/c1-13(2)11-16(20)18-7-4-8-19(10-9-18)23(21,22)15-6-3-5-14(17)12-15/h3,5-6,12-13H,4,7-11H2,1-2H3. The van der Waals surface area contributed by atoms with Crippen molar-refractivity contribution in [2.75, 3.05) is 26.2 Å². The van der Waals surface area contributed by atoms with E-state index in [0.29, 0.717) is 50.0 Å². The number of benzene rings is 1. The van der Waals surface area contributed by atoms with Crippen molar-refractivity contribution < 1.29 is 13.2 Å². The van der Waals surface area contributed by atoms with Crippen LogP contribution < -0.4 is 0 Å². The highest BCUT2D eigenvalue weighted by Gasteiger charge is 2.28. The van der Waals surface area contributed by atoms with Crippen LogP contribution in [0, 0.1) is 5.92 Å². The molecule has 128 valence electrons. The van der Waals surface area contributed by atoms with Crippen LogP contribution in [-0.4, -0.2) is 49.7 Å². The molecule has 1 heterocycles. The average Bonchev–Trinajstić information content (AvgIpc) is 2.73. The molecule has 0 aromatic heterocycles. The van der Waals surface area contributed by atoms with Crippen LogP contribution in [0.5, 0.6) is 0 Å². The molecule has 1 aliphatic heterocycles. The Hall–Kier alpha value is -1.11. The zero-order valence-electron chi connectivity index (χ0n) is 13.5. The molecule has 1 fully saturated rings. The second-order valence-corrected chi connectivity index (χ2v) is 8.57. The van der Waals surface area contributed by atoms with E-state index in [4.69, 9.17) is 11.6 Å². The summed E-state index contributed by atoms with van der Waals surface area (Å²) in [7, 11) is -3.57. The third-order valence-electron chi connectivity index (χ3n) is 3.82. The summed E-state index contributed by atoms with van der Waals surface area (Å²) in [6.45, 7) is 5.79. The van der Waals surface area contributed by atoms with Gasteiger partial charge in [-0.15, -0.1) is 0 Å². The minimum absolute atomic E-state index is 0.0991. The van der Waals surface area contributed by atoms with Gasteiger partial charge in [0.2, 0.25) is 15.9 Å².